The third kappa shape index (κ3) is 4.73. The van der Waals surface area contributed by atoms with Crippen LogP contribution in [-0.2, 0) is 27.8 Å². The van der Waals surface area contributed by atoms with Crippen molar-refractivity contribution >= 4 is 43.2 Å². The number of fused-ring (bicyclic) bond motifs is 1. The maximum absolute atomic E-state index is 13.0. The number of aromatic nitrogens is 1. The van der Waals surface area contributed by atoms with Gasteiger partial charge in [-0.2, -0.15) is 0 Å². The average Bonchev–Trinajstić information content (AvgIpc) is 3.12. The van der Waals surface area contributed by atoms with Crippen LogP contribution in [0.4, 0.5) is 5.69 Å². The van der Waals surface area contributed by atoms with E-state index in [-0.39, 0.29) is 22.1 Å². The predicted octanol–water partition coefficient (Wildman–Crippen LogP) is 3.83. The monoisotopic (exact) mass is 473 g/mol. The van der Waals surface area contributed by atoms with Crippen molar-refractivity contribution < 1.29 is 13.2 Å². The number of thiazole rings is 1. The molecule has 9 heteroatoms. The van der Waals surface area contributed by atoms with Crippen molar-refractivity contribution in [3.05, 3.63) is 57.7 Å². The van der Waals surface area contributed by atoms with Crippen LogP contribution in [0.3, 0.4) is 0 Å². The van der Waals surface area contributed by atoms with E-state index in [4.69, 9.17) is 0 Å². The molecule has 7 nitrogen and oxygen atoms in total. The van der Waals surface area contributed by atoms with Gasteiger partial charge in [-0.3, -0.25) is 18.9 Å². The zero-order valence-corrected chi connectivity index (χ0v) is 19.7. The average molecular weight is 474 g/mol. The van der Waals surface area contributed by atoms with Crippen LogP contribution in [0, 0.1) is 0 Å². The first-order chi connectivity index (χ1) is 15.4. The van der Waals surface area contributed by atoms with E-state index in [1.54, 1.807) is 22.8 Å². The number of piperidine rings is 1. The van der Waals surface area contributed by atoms with E-state index in [9.17, 15) is 18.0 Å². The summed E-state index contributed by atoms with van der Waals surface area (Å²) < 4.78 is 30.7. The van der Waals surface area contributed by atoms with Gasteiger partial charge in [0.05, 0.1) is 20.8 Å². The summed E-state index contributed by atoms with van der Waals surface area (Å²) in [6.45, 7) is 3.83. The third-order valence-electron chi connectivity index (χ3n) is 5.85. The Morgan fingerprint density at radius 1 is 1.09 bits per heavy atom. The second-order valence-corrected chi connectivity index (χ2v) is 10.6. The Labute approximate surface area is 191 Å². The van der Waals surface area contributed by atoms with Crippen molar-refractivity contribution in [1.82, 2.24) is 9.47 Å². The minimum Gasteiger partial charge on any atom is -0.343 e. The number of nitrogens with zero attached hydrogens (tertiary/aromatic N) is 2. The number of carbonyl (C=O) groups is 1. The van der Waals surface area contributed by atoms with E-state index in [0.717, 1.165) is 49.3 Å². The number of hydrogen-bond donors (Lipinski definition) is 1. The first kappa shape index (κ1) is 22.5. The van der Waals surface area contributed by atoms with Crippen molar-refractivity contribution in [3.63, 3.8) is 0 Å². The molecule has 2 heterocycles. The third-order valence-corrected chi connectivity index (χ3v) is 8.16. The maximum atomic E-state index is 13.0. The van der Waals surface area contributed by atoms with Crippen LogP contribution in [0.1, 0.15) is 38.2 Å². The summed E-state index contributed by atoms with van der Waals surface area (Å²) in [5.74, 6) is 0.0638. The van der Waals surface area contributed by atoms with E-state index < -0.39 is 10.0 Å². The van der Waals surface area contributed by atoms with E-state index in [0.29, 0.717) is 28.9 Å². The molecule has 0 atom stereocenters. The lowest BCUT2D eigenvalue weighted by Crippen LogP contribution is -2.36. The smallest absolute Gasteiger partial charge is 0.308 e. The highest BCUT2D eigenvalue weighted by molar-refractivity contribution is 7.92. The molecule has 1 N–H and O–H groups in total. The lowest BCUT2D eigenvalue weighted by molar-refractivity contribution is -0.132. The number of hydrogen-bond acceptors (Lipinski definition) is 5. The summed E-state index contributed by atoms with van der Waals surface area (Å²) >= 11 is 1.00. The van der Waals surface area contributed by atoms with Crippen molar-refractivity contribution in [2.75, 3.05) is 17.8 Å². The van der Waals surface area contributed by atoms with Gasteiger partial charge in [-0.05, 0) is 55.5 Å². The first-order valence-corrected chi connectivity index (χ1v) is 13.2. The van der Waals surface area contributed by atoms with Gasteiger partial charge in [-0.25, -0.2) is 8.42 Å². The number of rotatable bonds is 7. The topological polar surface area (TPSA) is 88.5 Å². The van der Waals surface area contributed by atoms with Gasteiger partial charge in [0.2, 0.25) is 5.91 Å². The lowest BCUT2D eigenvalue weighted by Gasteiger charge is -2.26. The molecule has 1 aliphatic heterocycles. The molecule has 0 unspecified atom stereocenters. The Kier molecular flexibility index (Phi) is 6.66. The Morgan fingerprint density at radius 3 is 2.59 bits per heavy atom. The molecule has 32 heavy (non-hydrogen) atoms. The van der Waals surface area contributed by atoms with E-state index >= 15 is 0 Å². The van der Waals surface area contributed by atoms with Gasteiger partial charge in [0.25, 0.3) is 10.0 Å². The molecule has 1 amide bonds. The second-order valence-electron chi connectivity index (χ2n) is 7.96. The molecule has 1 aromatic heterocycles. The Balaban J connectivity index is 1.55. The fourth-order valence-electron chi connectivity index (χ4n) is 4.07. The molecule has 0 bridgehead atoms. The van der Waals surface area contributed by atoms with Gasteiger partial charge >= 0.3 is 4.87 Å². The Morgan fingerprint density at radius 2 is 1.84 bits per heavy atom. The van der Waals surface area contributed by atoms with Crippen LogP contribution in [0.25, 0.3) is 10.2 Å². The fourth-order valence-corrected chi connectivity index (χ4v) is 6.22. The molecule has 0 spiro atoms. The number of anilines is 1. The molecule has 4 rings (SSSR count). The van der Waals surface area contributed by atoms with Gasteiger partial charge in [-0.15, -0.1) is 0 Å². The van der Waals surface area contributed by atoms with Crippen LogP contribution in [0.5, 0.6) is 0 Å². The Bertz CT molecular complexity index is 1290. The van der Waals surface area contributed by atoms with Gasteiger partial charge in [0.1, 0.15) is 0 Å². The number of benzene rings is 2. The predicted molar refractivity (Wildman–Crippen MR) is 128 cm³/mol. The SMILES string of the molecule is CCc1ccccc1NS(=O)(=O)c1ccc2c(c1)sc(=O)n2CCC(=O)N1CCCCC1. The van der Waals surface area contributed by atoms with E-state index in [2.05, 4.69) is 4.72 Å². The summed E-state index contributed by atoms with van der Waals surface area (Å²) in [6, 6.07) is 12.0. The fraction of sp³-hybridized carbons (Fsp3) is 0.391. The molecule has 1 aliphatic rings. The molecule has 1 fully saturated rings. The summed E-state index contributed by atoms with van der Waals surface area (Å²) in [6.07, 6.45) is 4.18. The number of amides is 1. The van der Waals surface area contributed by atoms with Crippen LogP contribution in [0.15, 0.2) is 52.2 Å². The zero-order chi connectivity index (χ0) is 22.7. The van der Waals surface area contributed by atoms with Crippen LogP contribution in [0.2, 0.25) is 0 Å². The summed E-state index contributed by atoms with van der Waals surface area (Å²) in [5, 5.41) is 0. The minimum absolute atomic E-state index is 0.0638. The number of nitrogens with one attached hydrogen (secondary N) is 1. The molecule has 170 valence electrons. The van der Waals surface area contributed by atoms with Crippen molar-refractivity contribution in [1.29, 1.82) is 0 Å². The van der Waals surface area contributed by atoms with Crippen LogP contribution in [-0.4, -0.2) is 36.9 Å². The number of aryl methyl sites for hydroxylation is 2. The summed E-state index contributed by atoms with van der Waals surface area (Å²) in [4.78, 5) is 26.8. The maximum Gasteiger partial charge on any atom is 0.308 e. The number of carbonyl (C=O) groups excluding carboxylic acids is 1. The molecule has 1 saturated heterocycles. The largest absolute Gasteiger partial charge is 0.343 e. The summed E-state index contributed by atoms with van der Waals surface area (Å²) in [5.41, 5.74) is 2.11. The van der Waals surface area contributed by atoms with Crippen molar-refractivity contribution in [2.24, 2.45) is 0 Å². The second kappa shape index (κ2) is 9.46. The Hall–Kier alpha value is -2.65. The molecule has 0 aliphatic carbocycles. The molecular weight excluding hydrogens is 446 g/mol. The highest BCUT2D eigenvalue weighted by atomic mass is 32.2. The van der Waals surface area contributed by atoms with Gasteiger partial charge in [-0.1, -0.05) is 36.5 Å². The number of para-hydroxylation sites is 1. The number of likely N-dealkylation sites (tertiary alicyclic amines) is 1. The minimum atomic E-state index is -3.80. The van der Waals surface area contributed by atoms with Gasteiger partial charge in [0, 0.05) is 26.1 Å². The molecule has 3 aromatic rings. The van der Waals surface area contributed by atoms with Crippen molar-refractivity contribution in [3.8, 4) is 0 Å². The first-order valence-electron chi connectivity index (χ1n) is 10.9. The highest BCUT2D eigenvalue weighted by Gasteiger charge is 2.20. The normalized spacial score (nSPS) is 14.6. The molecular formula is C23H27N3O4S2. The highest BCUT2D eigenvalue weighted by Crippen LogP contribution is 2.25. The van der Waals surface area contributed by atoms with Gasteiger partial charge in [0.15, 0.2) is 0 Å². The number of sulfonamides is 1. The molecule has 0 saturated carbocycles. The van der Waals surface area contributed by atoms with E-state index in [1.165, 1.54) is 12.1 Å². The van der Waals surface area contributed by atoms with Crippen LogP contribution >= 0.6 is 11.3 Å². The van der Waals surface area contributed by atoms with Crippen molar-refractivity contribution in [2.45, 2.75) is 50.5 Å². The standard InChI is InChI=1S/C23H27N3O4S2/c1-2-17-8-4-5-9-19(17)24-32(29,30)18-10-11-20-21(16-18)31-23(28)26(20)15-12-22(27)25-13-6-3-7-14-25/h4-5,8-11,16,24H,2-3,6-7,12-15H2,1H3. The quantitative estimate of drug-likeness (QED) is 0.565. The zero-order valence-electron chi connectivity index (χ0n) is 18.0. The lowest BCUT2D eigenvalue weighted by atomic mass is 10.1. The molecule has 0 radical (unpaired) electrons. The molecule has 2 aromatic carbocycles. The summed E-state index contributed by atoms with van der Waals surface area (Å²) in [7, 11) is -3.80. The van der Waals surface area contributed by atoms with Gasteiger partial charge < -0.3 is 4.90 Å². The van der Waals surface area contributed by atoms with E-state index in [1.807, 2.05) is 24.0 Å². The van der Waals surface area contributed by atoms with Crippen LogP contribution < -0.4 is 9.60 Å².